The number of aliphatic carboxylic acids is 1. The number of carbonyl (C=O) groups is 1. The van der Waals surface area contributed by atoms with Gasteiger partial charge in [0.25, 0.3) is 0 Å². The van der Waals surface area contributed by atoms with E-state index >= 15 is 0 Å². The molecular weight excluding hydrogens is 290 g/mol. The fraction of sp³-hybridized carbons (Fsp3) is 0.562. The lowest BCUT2D eigenvalue weighted by Gasteiger charge is -2.45. The molecule has 1 aliphatic rings. The summed E-state index contributed by atoms with van der Waals surface area (Å²) in [6, 6.07) is 7.72. The molecule has 0 bridgehead atoms. The van der Waals surface area contributed by atoms with Crippen LogP contribution in [0.3, 0.4) is 0 Å². The van der Waals surface area contributed by atoms with Crippen molar-refractivity contribution < 1.29 is 14.6 Å². The largest absolute Gasteiger partial charge is 0.481 e. The van der Waals surface area contributed by atoms with Crippen LogP contribution >= 0.6 is 11.6 Å². The highest BCUT2D eigenvalue weighted by Crippen LogP contribution is 2.33. The molecule has 1 aliphatic heterocycles. The number of carboxylic acid groups (broad SMARTS) is 1. The van der Waals surface area contributed by atoms with E-state index in [1.54, 1.807) is 0 Å². The molecule has 1 saturated heterocycles. The molecule has 21 heavy (non-hydrogen) atoms. The number of hydrogen-bond acceptors (Lipinski definition) is 3. The van der Waals surface area contributed by atoms with Crippen molar-refractivity contribution in [2.24, 2.45) is 0 Å². The molecule has 0 radical (unpaired) electrons. The van der Waals surface area contributed by atoms with Crippen molar-refractivity contribution in [3.63, 3.8) is 0 Å². The first-order chi connectivity index (χ1) is 9.90. The van der Waals surface area contributed by atoms with Crippen LogP contribution in [-0.2, 0) is 9.53 Å². The van der Waals surface area contributed by atoms with Gasteiger partial charge in [0, 0.05) is 29.1 Å². The Morgan fingerprint density at radius 2 is 2.19 bits per heavy atom. The average molecular weight is 312 g/mol. The second kappa shape index (κ2) is 6.77. The lowest BCUT2D eigenvalue weighted by molar-refractivity contribution is -0.137. The molecule has 0 spiro atoms. The molecule has 1 aromatic rings. The zero-order chi connectivity index (χ0) is 15.5. The Hall–Kier alpha value is -1.10. The molecule has 0 amide bonds. The van der Waals surface area contributed by atoms with Gasteiger partial charge in [-0.3, -0.25) is 9.69 Å². The van der Waals surface area contributed by atoms with Gasteiger partial charge >= 0.3 is 5.97 Å². The molecule has 1 fully saturated rings. The molecule has 1 aromatic carbocycles. The van der Waals surface area contributed by atoms with Crippen LogP contribution in [0.2, 0.25) is 5.02 Å². The van der Waals surface area contributed by atoms with Gasteiger partial charge in [0.2, 0.25) is 0 Å². The summed E-state index contributed by atoms with van der Waals surface area (Å²) in [5.41, 5.74) is 0.911. The highest BCUT2D eigenvalue weighted by Gasteiger charge is 2.35. The molecule has 4 nitrogen and oxygen atoms in total. The normalized spacial score (nSPS) is 22.1. The van der Waals surface area contributed by atoms with E-state index in [-0.39, 0.29) is 18.1 Å². The molecule has 2 rings (SSSR count). The molecule has 0 saturated carbocycles. The first-order valence-corrected chi connectivity index (χ1v) is 7.61. The second-order valence-corrected chi connectivity index (χ2v) is 6.48. The lowest BCUT2D eigenvalue weighted by Crippen LogP contribution is -2.54. The predicted molar refractivity (Wildman–Crippen MR) is 82.7 cm³/mol. The Kier molecular flexibility index (Phi) is 5.25. The minimum absolute atomic E-state index is 0.0587. The molecule has 116 valence electrons. The van der Waals surface area contributed by atoms with Crippen molar-refractivity contribution in [2.45, 2.75) is 38.3 Å². The van der Waals surface area contributed by atoms with Crippen molar-refractivity contribution in [2.75, 3.05) is 19.7 Å². The maximum absolute atomic E-state index is 10.7. The smallest absolute Gasteiger partial charge is 0.303 e. The molecular formula is C16H22ClNO3. The van der Waals surface area contributed by atoms with Crippen LogP contribution in [0.1, 0.15) is 38.4 Å². The van der Waals surface area contributed by atoms with Crippen LogP contribution in [0.15, 0.2) is 24.3 Å². The molecule has 0 aliphatic carbocycles. The van der Waals surface area contributed by atoms with Crippen molar-refractivity contribution >= 4 is 17.6 Å². The highest BCUT2D eigenvalue weighted by atomic mass is 35.5. The Morgan fingerprint density at radius 3 is 2.86 bits per heavy atom. The first-order valence-electron chi connectivity index (χ1n) is 7.23. The van der Waals surface area contributed by atoms with Gasteiger partial charge in [-0.15, -0.1) is 0 Å². The third kappa shape index (κ3) is 4.19. The van der Waals surface area contributed by atoms with Crippen LogP contribution in [0.5, 0.6) is 0 Å². The van der Waals surface area contributed by atoms with E-state index in [2.05, 4.69) is 18.7 Å². The van der Waals surface area contributed by atoms with Gasteiger partial charge in [0.1, 0.15) is 0 Å². The number of benzene rings is 1. The van der Waals surface area contributed by atoms with Crippen LogP contribution in [0, 0.1) is 0 Å². The van der Waals surface area contributed by atoms with E-state index in [1.807, 2.05) is 24.3 Å². The Morgan fingerprint density at radius 1 is 1.48 bits per heavy atom. The standard InChI is InChI=1S/C16H22ClNO3/c1-16(2)11-21-14(12-6-3-4-7-13(12)17)10-18(16)9-5-8-15(19)20/h3-4,6-7,14H,5,8-11H2,1-2H3,(H,19,20)/t14-/m1/s1. The van der Waals surface area contributed by atoms with Gasteiger partial charge in [0.05, 0.1) is 12.7 Å². The van der Waals surface area contributed by atoms with Crippen molar-refractivity contribution in [1.29, 1.82) is 0 Å². The maximum Gasteiger partial charge on any atom is 0.303 e. The SMILES string of the molecule is CC1(C)CO[C@@H](c2ccccc2Cl)CN1CCCC(=O)O. The van der Waals surface area contributed by atoms with Crippen LogP contribution in [0.25, 0.3) is 0 Å². The summed E-state index contributed by atoms with van der Waals surface area (Å²) in [6.45, 7) is 6.34. The van der Waals surface area contributed by atoms with Crippen LogP contribution in [0.4, 0.5) is 0 Å². The van der Waals surface area contributed by atoms with Crippen LogP contribution < -0.4 is 0 Å². The molecule has 0 unspecified atom stereocenters. The maximum atomic E-state index is 10.7. The zero-order valence-electron chi connectivity index (χ0n) is 12.5. The number of halogens is 1. The molecule has 1 heterocycles. The predicted octanol–water partition coefficient (Wildman–Crippen LogP) is 3.36. The Bertz CT molecular complexity index is 504. The number of carboxylic acids is 1. The van der Waals surface area contributed by atoms with Crippen molar-refractivity contribution in [1.82, 2.24) is 4.90 Å². The van der Waals surface area contributed by atoms with E-state index in [1.165, 1.54) is 0 Å². The monoisotopic (exact) mass is 311 g/mol. The Labute approximate surface area is 130 Å². The summed E-state index contributed by atoms with van der Waals surface area (Å²) in [6.07, 6.45) is 0.787. The summed E-state index contributed by atoms with van der Waals surface area (Å²) in [7, 11) is 0. The topological polar surface area (TPSA) is 49.8 Å². The van der Waals surface area contributed by atoms with Crippen molar-refractivity contribution in [3.8, 4) is 0 Å². The van der Waals surface area contributed by atoms with Gasteiger partial charge < -0.3 is 9.84 Å². The summed E-state index contributed by atoms with van der Waals surface area (Å²) >= 11 is 6.25. The zero-order valence-corrected chi connectivity index (χ0v) is 13.3. The summed E-state index contributed by atoms with van der Waals surface area (Å²) in [5.74, 6) is -0.747. The number of ether oxygens (including phenoxy) is 1. The lowest BCUT2D eigenvalue weighted by atomic mass is 9.97. The van der Waals surface area contributed by atoms with E-state index in [4.69, 9.17) is 21.4 Å². The third-order valence-electron chi connectivity index (χ3n) is 3.95. The van der Waals surface area contributed by atoms with E-state index in [0.717, 1.165) is 18.7 Å². The fourth-order valence-corrected chi connectivity index (χ4v) is 2.89. The Balaban J connectivity index is 2.05. The van der Waals surface area contributed by atoms with Crippen molar-refractivity contribution in [3.05, 3.63) is 34.9 Å². The minimum atomic E-state index is -0.747. The summed E-state index contributed by atoms with van der Waals surface area (Å²) < 4.78 is 5.98. The second-order valence-electron chi connectivity index (χ2n) is 6.08. The van der Waals surface area contributed by atoms with Gasteiger partial charge in [0.15, 0.2) is 0 Å². The van der Waals surface area contributed by atoms with Gasteiger partial charge in [-0.05, 0) is 32.9 Å². The third-order valence-corrected chi connectivity index (χ3v) is 4.29. The van der Waals surface area contributed by atoms with E-state index in [0.29, 0.717) is 18.1 Å². The highest BCUT2D eigenvalue weighted by molar-refractivity contribution is 6.31. The average Bonchev–Trinajstić information content (AvgIpc) is 2.41. The summed E-state index contributed by atoms with van der Waals surface area (Å²) in [4.78, 5) is 13.0. The van der Waals surface area contributed by atoms with Crippen LogP contribution in [-0.4, -0.2) is 41.2 Å². The number of nitrogens with zero attached hydrogens (tertiary/aromatic N) is 1. The number of morpholine rings is 1. The quantitative estimate of drug-likeness (QED) is 0.906. The number of hydrogen-bond donors (Lipinski definition) is 1. The van der Waals surface area contributed by atoms with Gasteiger partial charge in [-0.1, -0.05) is 29.8 Å². The number of rotatable bonds is 5. The molecule has 1 N–H and O–H groups in total. The molecule has 1 atom stereocenters. The summed E-state index contributed by atoms with van der Waals surface area (Å²) in [5, 5.41) is 9.49. The van der Waals surface area contributed by atoms with E-state index in [9.17, 15) is 4.79 Å². The fourth-order valence-electron chi connectivity index (χ4n) is 2.64. The molecule has 0 aromatic heterocycles. The van der Waals surface area contributed by atoms with E-state index < -0.39 is 5.97 Å². The minimum Gasteiger partial charge on any atom is -0.481 e. The van der Waals surface area contributed by atoms with Gasteiger partial charge in [-0.2, -0.15) is 0 Å². The first kappa shape index (κ1) is 16.3. The molecule has 5 heteroatoms. The van der Waals surface area contributed by atoms with Gasteiger partial charge in [-0.25, -0.2) is 0 Å².